The molecule has 0 radical (unpaired) electrons. The summed E-state index contributed by atoms with van der Waals surface area (Å²) >= 11 is 5.96. The molecule has 0 bridgehead atoms. The molecule has 0 fully saturated rings. The second-order valence-corrected chi connectivity index (χ2v) is 4.54. The van der Waals surface area contributed by atoms with Crippen LogP contribution in [-0.4, -0.2) is 24.9 Å². The third-order valence-electron chi connectivity index (χ3n) is 2.53. The second kappa shape index (κ2) is 6.50. The third-order valence-corrected chi connectivity index (χ3v) is 2.99. The first-order valence-electron chi connectivity index (χ1n) is 5.65. The van der Waals surface area contributed by atoms with E-state index in [4.69, 9.17) is 16.3 Å². The first kappa shape index (κ1) is 13.8. The fraction of sp³-hybridized carbons (Fsp3) is 0.462. The number of nitrogens with one attached hydrogen (secondary N) is 1. The van der Waals surface area contributed by atoms with Gasteiger partial charge in [-0.15, -0.1) is 11.6 Å². The number of rotatable bonds is 5. The van der Waals surface area contributed by atoms with Crippen molar-refractivity contribution in [1.29, 1.82) is 0 Å². The Hall–Kier alpha value is -1.22. The van der Waals surface area contributed by atoms with Gasteiger partial charge in [-0.3, -0.25) is 4.79 Å². The fourth-order valence-electron chi connectivity index (χ4n) is 1.44. The molecule has 1 rings (SSSR count). The van der Waals surface area contributed by atoms with E-state index in [2.05, 4.69) is 5.32 Å². The van der Waals surface area contributed by atoms with Crippen LogP contribution < -0.4 is 10.1 Å². The topological polar surface area (TPSA) is 38.3 Å². The quantitative estimate of drug-likeness (QED) is 0.822. The molecule has 0 aliphatic heterocycles. The molecule has 1 aromatic rings. The number of alkyl halides is 1. The van der Waals surface area contributed by atoms with E-state index in [1.807, 2.05) is 26.0 Å². The first-order valence-corrected chi connectivity index (χ1v) is 6.09. The second-order valence-electron chi connectivity index (χ2n) is 3.92. The normalized spacial score (nSPS) is 12.0. The van der Waals surface area contributed by atoms with Crippen LogP contribution in [-0.2, 0) is 0 Å². The number of benzene rings is 1. The molecule has 0 spiro atoms. The van der Waals surface area contributed by atoms with Gasteiger partial charge < -0.3 is 10.1 Å². The predicted molar refractivity (Wildman–Crippen MR) is 70.0 cm³/mol. The van der Waals surface area contributed by atoms with Gasteiger partial charge in [-0.2, -0.15) is 0 Å². The Kier molecular flexibility index (Phi) is 5.29. The molecule has 0 saturated carbocycles. The molecule has 0 aliphatic carbocycles. The highest BCUT2D eigenvalue weighted by molar-refractivity contribution is 6.20. The molecule has 0 aliphatic rings. The maximum Gasteiger partial charge on any atom is 0.255 e. The van der Waals surface area contributed by atoms with E-state index >= 15 is 0 Å². The SMILES string of the molecule is CCC(Cl)CNC(=O)c1cc(C)ccc1OC. The number of methoxy groups -OCH3 is 1. The lowest BCUT2D eigenvalue weighted by atomic mass is 10.1. The Balaban J connectivity index is 2.77. The summed E-state index contributed by atoms with van der Waals surface area (Å²) in [7, 11) is 1.55. The van der Waals surface area contributed by atoms with Crippen LogP contribution in [0.4, 0.5) is 0 Å². The Morgan fingerprint density at radius 1 is 1.53 bits per heavy atom. The molecule has 94 valence electrons. The van der Waals surface area contributed by atoms with Gasteiger partial charge in [0, 0.05) is 6.54 Å². The molecule has 3 nitrogen and oxygen atoms in total. The minimum absolute atomic E-state index is 0.0326. The molecule has 0 saturated heterocycles. The number of ether oxygens (including phenoxy) is 1. The number of carbonyl (C=O) groups excluding carboxylic acids is 1. The van der Waals surface area contributed by atoms with Gasteiger partial charge in [0.15, 0.2) is 0 Å². The minimum Gasteiger partial charge on any atom is -0.496 e. The van der Waals surface area contributed by atoms with Gasteiger partial charge in [0.2, 0.25) is 0 Å². The summed E-state index contributed by atoms with van der Waals surface area (Å²) in [4.78, 5) is 11.9. The number of hydrogen-bond donors (Lipinski definition) is 1. The van der Waals surface area contributed by atoms with Gasteiger partial charge in [-0.05, 0) is 25.5 Å². The van der Waals surface area contributed by atoms with Crippen molar-refractivity contribution in [2.75, 3.05) is 13.7 Å². The lowest BCUT2D eigenvalue weighted by Gasteiger charge is -2.11. The maximum atomic E-state index is 11.9. The smallest absolute Gasteiger partial charge is 0.255 e. The average Bonchev–Trinajstić information content (AvgIpc) is 2.35. The van der Waals surface area contributed by atoms with Crippen LogP contribution in [0.25, 0.3) is 0 Å². The highest BCUT2D eigenvalue weighted by Crippen LogP contribution is 2.19. The summed E-state index contributed by atoms with van der Waals surface area (Å²) < 4.78 is 5.16. The Morgan fingerprint density at radius 3 is 2.82 bits per heavy atom. The zero-order chi connectivity index (χ0) is 12.8. The maximum absolute atomic E-state index is 11.9. The zero-order valence-electron chi connectivity index (χ0n) is 10.4. The van der Waals surface area contributed by atoms with Gasteiger partial charge >= 0.3 is 0 Å². The number of carbonyl (C=O) groups is 1. The predicted octanol–water partition coefficient (Wildman–Crippen LogP) is 2.75. The van der Waals surface area contributed by atoms with Crippen molar-refractivity contribution in [1.82, 2.24) is 5.32 Å². The van der Waals surface area contributed by atoms with E-state index in [1.54, 1.807) is 13.2 Å². The van der Waals surface area contributed by atoms with Crippen LogP contribution in [0.2, 0.25) is 0 Å². The van der Waals surface area contributed by atoms with E-state index < -0.39 is 0 Å². The molecular weight excluding hydrogens is 238 g/mol. The van der Waals surface area contributed by atoms with Crippen LogP contribution in [0.15, 0.2) is 18.2 Å². The fourth-order valence-corrected chi connectivity index (χ4v) is 1.52. The van der Waals surface area contributed by atoms with Crippen molar-refractivity contribution in [2.45, 2.75) is 25.6 Å². The van der Waals surface area contributed by atoms with Gasteiger partial charge in [-0.1, -0.05) is 18.6 Å². The molecule has 1 amide bonds. The van der Waals surface area contributed by atoms with Gasteiger partial charge in [-0.25, -0.2) is 0 Å². The van der Waals surface area contributed by atoms with Gasteiger partial charge in [0.25, 0.3) is 5.91 Å². The van der Waals surface area contributed by atoms with Crippen molar-refractivity contribution in [2.24, 2.45) is 0 Å². The van der Waals surface area contributed by atoms with E-state index in [9.17, 15) is 4.79 Å². The van der Waals surface area contributed by atoms with Crippen LogP contribution in [0.1, 0.15) is 29.3 Å². The summed E-state index contributed by atoms with van der Waals surface area (Å²) in [6.07, 6.45) is 0.826. The molecule has 4 heteroatoms. The Bertz CT molecular complexity index is 393. The van der Waals surface area contributed by atoms with E-state index in [-0.39, 0.29) is 11.3 Å². The number of aryl methyl sites for hydroxylation is 1. The lowest BCUT2D eigenvalue weighted by Crippen LogP contribution is -2.29. The molecule has 1 aromatic carbocycles. The number of hydrogen-bond acceptors (Lipinski definition) is 2. The zero-order valence-corrected chi connectivity index (χ0v) is 11.2. The summed E-state index contributed by atoms with van der Waals surface area (Å²) in [5.41, 5.74) is 1.57. The monoisotopic (exact) mass is 255 g/mol. The minimum atomic E-state index is -0.148. The number of halogens is 1. The van der Waals surface area contributed by atoms with Gasteiger partial charge in [0.05, 0.1) is 18.1 Å². The van der Waals surface area contributed by atoms with E-state index in [1.165, 1.54) is 0 Å². The van der Waals surface area contributed by atoms with Crippen molar-refractivity contribution < 1.29 is 9.53 Å². The molecule has 1 atom stereocenters. The summed E-state index contributed by atoms with van der Waals surface area (Å²) in [6, 6.07) is 5.51. The van der Waals surface area contributed by atoms with Crippen molar-refractivity contribution >= 4 is 17.5 Å². The molecular formula is C13H18ClNO2. The first-order chi connectivity index (χ1) is 8.08. The van der Waals surface area contributed by atoms with Gasteiger partial charge in [0.1, 0.15) is 5.75 Å². The molecule has 1 unspecified atom stereocenters. The third kappa shape index (κ3) is 3.93. The van der Waals surface area contributed by atoms with Crippen LogP contribution >= 0.6 is 11.6 Å². The van der Waals surface area contributed by atoms with Crippen molar-refractivity contribution in [3.8, 4) is 5.75 Å². The Morgan fingerprint density at radius 2 is 2.24 bits per heavy atom. The molecule has 17 heavy (non-hydrogen) atoms. The molecule has 0 aromatic heterocycles. The van der Waals surface area contributed by atoms with Crippen LogP contribution in [0.5, 0.6) is 5.75 Å². The summed E-state index contributed by atoms with van der Waals surface area (Å²) in [5.74, 6) is 0.431. The summed E-state index contributed by atoms with van der Waals surface area (Å²) in [5, 5.41) is 2.77. The van der Waals surface area contributed by atoms with Crippen molar-refractivity contribution in [3.63, 3.8) is 0 Å². The van der Waals surface area contributed by atoms with Crippen LogP contribution in [0.3, 0.4) is 0 Å². The lowest BCUT2D eigenvalue weighted by molar-refractivity contribution is 0.0950. The van der Waals surface area contributed by atoms with Crippen LogP contribution in [0, 0.1) is 6.92 Å². The largest absolute Gasteiger partial charge is 0.496 e. The van der Waals surface area contributed by atoms with Crippen molar-refractivity contribution in [3.05, 3.63) is 29.3 Å². The molecule has 0 heterocycles. The molecule has 1 N–H and O–H groups in total. The summed E-state index contributed by atoms with van der Waals surface area (Å²) in [6.45, 7) is 4.39. The highest BCUT2D eigenvalue weighted by atomic mass is 35.5. The standard InChI is InChI=1S/C13H18ClNO2/c1-4-10(14)8-15-13(16)11-7-9(2)5-6-12(11)17-3/h5-7,10H,4,8H2,1-3H3,(H,15,16). The number of amides is 1. The highest BCUT2D eigenvalue weighted by Gasteiger charge is 2.13. The average molecular weight is 256 g/mol. The van der Waals surface area contributed by atoms with E-state index in [0.29, 0.717) is 17.9 Å². The Labute approximate surface area is 107 Å². The van der Waals surface area contributed by atoms with E-state index in [0.717, 1.165) is 12.0 Å².